The Hall–Kier alpha value is -3.86. The van der Waals surface area contributed by atoms with E-state index >= 15 is 0 Å². The third-order valence-corrected chi connectivity index (χ3v) is 5.15. The van der Waals surface area contributed by atoms with Gasteiger partial charge in [0.25, 0.3) is 0 Å². The average molecular weight is 421 g/mol. The van der Waals surface area contributed by atoms with Crippen LogP contribution in [0.1, 0.15) is 34.5 Å². The van der Waals surface area contributed by atoms with E-state index in [1.54, 1.807) is 0 Å². The van der Waals surface area contributed by atoms with Gasteiger partial charge in [0.1, 0.15) is 23.6 Å². The highest BCUT2D eigenvalue weighted by Gasteiger charge is 2.20. The second-order valence-corrected chi connectivity index (χ2v) is 7.33. The zero-order chi connectivity index (χ0) is 22.2. The molecular formula is C28H24N2O2. The van der Waals surface area contributed by atoms with Gasteiger partial charge >= 0.3 is 0 Å². The lowest BCUT2D eigenvalue weighted by atomic mass is 9.99. The molecule has 0 aromatic heterocycles. The van der Waals surface area contributed by atoms with E-state index in [4.69, 9.17) is 0 Å². The summed E-state index contributed by atoms with van der Waals surface area (Å²) in [7, 11) is 0. The lowest BCUT2D eigenvalue weighted by molar-refractivity contribution is 0.245. The first-order valence-electron chi connectivity index (χ1n) is 10.5. The molecule has 0 aliphatic rings. The van der Waals surface area contributed by atoms with Crippen LogP contribution in [-0.2, 0) is 0 Å². The zero-order valence-electron chi connectivity index (χ0n) is 17.5. The summed E-state index contributed by atoms with van der Waals surface area (Å²) < 4.78 is 0. The van der Waals surface area contributed by atoms with E-state index in [9.17, 15) is 10.2 Å². The predicted octanol–water partition coefficient (Wildman–Crippen LogP) is 5.35. The van der Waals surface area contributed by atoms with Crippen LogP contribution in [0, 0.1) is 0 Å². The fraction of sp³-hybridized carbons (Fsp3) is 0.0714. The summed E-state index contributed by atoms with van der Waals surface area (Å²) in [5.41, 5.74) is 3.77. The second kappa shape index (κ2) is 10.4. The maximum Gasteiger partial charge on any atom is 0.123 e. The first-order valence-corrected chi connectivity index (χ1v) is 10.5. The Balaban J connectivity index is 1.82. The Morgan fingerprint density at radius 2 is 0.719 bits per heavy atom. The largest absolute Gasteiger partial charge is 0.382 e. The maximum absolute atomic E-state index is 11.1. The number of hydrogen-bond donors (Lipinski definition) is 2. The molecule has 4 aromatic rings. The average Bonchev–Trinajstić information content (AvgIpc) is 2.88. The van der Waals surface area contributed by atoms with Gasteiger partial charge in [0.15, 0.2) is 0 Å². The standard InChI is InChI=1S/C28H24N2O2/c31-27(23-17-9-3-10-18-23)25(21-13-5-1-6-14-21)29-30-26(22-15-7-2-8-16-22)28(32)24-19-11-4-12-20-24/h1-20,27-28,31-32H/b29-25-,30-26+/t27-,28+/m0/s1. The molecular weight excluding hydrogens is 396 g/mol. The van der Waals surface area contributed by atoms with E-state index in [1.165, 1.54) is 0 Å². The Kier molecular flexibility index (Phi) is 6.98. The summed E-state index contributed by atoms with van der Waals surface area (Å²) >= 11 is 0. The van der Waals surface area contributed by atoms with Crippen molar-refractivity contribution in [3.05, 3.63) is 144 Å². The van der Waals surface area contributed by atoms with Gasteiger partial charge in [-0.25, -0.2) is 0 Å². The molecule has 0 aliphatic carbocycles. The highest BCUT2D eigenvalue weighted by atomic mass is 16.3. The maximum atomic E-state index is 11.1. The quantitative estimate of drug-likeness (QED) is 0.313. The molecule has 0 aliphatic heterocycles. The lowest BCUT2D eigenvalue weighted by Crippen LogP contribution is -2.16. The van der Waals surface area contributed by atoms with E-state index in [-0.39, 0.29) is 0 Å². The minimum Gasteiger partial charge on any atom is -0.382 e. The summed E-state index contributed by atoms with van der Waals surface area (Å²) in [6.45, 7) is 0. The van der Waals surface area contributed by atoms with E-state index < -0.39 is 12.2 Å². The highest BCUT2D eigenvalue weighted by molar-refractivity contribution is 6.07. The van der Waals surface area contributed by atoms with Gasteiger partial charge in [-0.2, -0.15) is 10.2 Å². The predicted molar refractivity (Wildman–Crippen MR) is 129 cm³/mol. The van der Waals surface area contributed by atoms with Gasteiger partial charge in [-0.15, -0.1) is 0 Å². The second-order valence-electron chi connectivity index (χ2n) is 7.33. The number of benzene rings is 4. The van der Waals surface area contributed by atoms with Crippen molar-refractivity contribution in [2.45, 2.75) is 12.2 Å². The number of aliphatic hydroxyl groups excluding tert-OH is 2. The van der Waals surface area contributed by atoms with Crippen molar-refractivity contribution < 1.29 is 10.2 Å². The van der Waals surface area contributed by atoms with Crippen LogP contribution in [0.25, 0.3) is 0 Å². The molecule has 0 bridgehead atoms. The van der Waals surface area contributed by atoms with Gasteiger partial charge in [0.05, 0.1) is 0 Å². The van der Waals surface area contributed by atoms with Crippen LogP contribution in [0.15, 0.2) is 132 Å². The van der Waals surface area contributed by atoms with Crippen LogP contribution in [0.3, 0.4) is 0 Å². The van der Waals surface area contributed by atoms with Crippen LogP contribution in [0.2, 0.25) is 0 Å². The van der Waals surface area contributed by atoms with Crippen LogP contribution in [0.5, 0.6) is 0 Å². The van der Waals surface area contributed by atoms with Crippen LogP contribution < -0.4 is 0 Å². The topological polar surface area (TPSA) is 65.2 Å². The summed E-state index contributed by atoms with van der Waals surface area (Å²) in [4.78, 5) is 0. The molecule has 0 amide bonds. The molecule has 32 heavy (non-hydrogen) atoms. The lowest BCUT2D eigenvalue weighted by Gasteiger charge is -2.16. The van der Waals surface area contributed by atoms with Crippen molar-refractivity contribution in [2.24, 2.45) is 10.2 Å². The van der Waals surface area contributed by atoms with Gasteiger partial charge in [0, 0.05) is 11.1 Å². The molecule has 4 nitrogen and oxygen atoms in total. The Morgan fingerprint density at radius 3 is 1.03 bits per heavy atom. The fourth-order valence-corrected chi connectivity index (χ4v) is 3.45. The monoisotopic (exact) mass is 420 g/mol. The summed E-state index contributed by atoms with van der Waals surface area (Å²) in [6.07, 6.45) is -1.93. The van der Waals surface area contributed by atoms with E-state index in [1.807, 2.05) is 121 Å². The molecule has 0 heterocycles. The van der Waals surface area contributed by atoms with Crippen LogP contribution >= 0.6 is 0 Å². The van der Waals surface area contributed by atoms with E-state index in [0.29, 0.717) is 11.4 Å². The number of rotatable bonds is 7. The van der Waals surface area contributed by atoms with Gasteiger partial charge in [-0.05, 0) is 11.1 Å². The third kappa shape index (κ3) is 5.06. The SMILES string of the molecule is O[C@H](/C(=N\N=C(/c1ccccc1)[C@H](O)c1ccccc1)c1ccccc1)c1ccccc1. The first-order chi connectivity index (χ1) is 15.7. The van der Waals surface area contributed by atoms with Crippen molar-refractivity contribution in [3.8, 4) is 0 Å². The summed E-state index contributed by atoms with van der Waals surface area (Å²) in [6, 6.07) is 37.6. The van der Waals surface area contributed by atoms with Gasteiger partial charge in [-0.1, -0.05) is 121 Å². The molecule has 0 radical (unpaired) electrons. The minimum atomic E-state index is -0.965. The number of hydrogen-bond acceptors (Lipinski definition) is 4. The van der Waals surface area contributed by atoms with Gasteiger partial charge in [0.2, 0.25) is 0 Å². The zero-order valence-corrected chi connectivity index (χ0v) is 17.5. The molecule has 2 atom stereocenters. The molecule has 4 heteroatoms. The Morgan fingerprint density at radius 1 is 0.438 bits per heavy atom. The molecule has 0 saturated carbocycles. The number of nitrogens with zero attached hydrogens (tertiary/aromatic N) is 2. The minimum absolute atomic E-state index is 0.408. The molecule has 0 fully saturated rings. The highest BCUT2D eigenvalue weighted by Crippen LogP contribution is 2.22. The number of aliphatic hydroxyl groups is 2. The summed E-state index contributed by atoms with van der Waals surface area (Å²) in [5.74, 6) is 0. The molecule has 4 aromatic carbocycles. The first kappa shape index (κ1) is 21.4. The molecule has 2 N–H and O–H groups in total. The molecule has 4 rings (SSSR count). The van der Waals surface area contributed by atoms with E-state index in [2.05, 4.69) is 10.2 Å². The third-order valence-electron chi connectivity index (χ3n) is 5.15. The van der Waals surface area contributed by atoms with Crippen LogP contribution in [0.4, 0.5) is 0 Å². The summed E-state index contributed by atoms with van der Waals surface area (Å²) in [5, 5.41) is 31.2. The molecule has 0 unspecified atom stereocenters. The van der Waals surface area contributed by atoms with Crippen molar-refractivity contribution in [1.29, 1.82) is 0 Å². The van der Waals surface area contributed by atoms with Crippen molar-refractivity contribution >= 4 is 11.4 Å². The van der Waals surface area contributed by atoms with Gasteiger partial charge < -0.3 is 10.2 Å². The van der Waals surface area contributed by atoms with Crippen molar-refractivity contribution in [1.82, 2.24) is 0 Å². The van der Waals surface area contributed by atoms with Gasteiger partial charge in [-0.3, -0.25) is 0 Å². The normalized spacial score (nSPS) is 14.1. The van der Waals surface area contributed by atoms with Crippen molar-refractivity contribution in [3.63, 3.8) is 0 Å². The Bertz CT molecular complexity index is 1080. The van der Waals surface area contributed by atoms with E-state index in [0.717, 1.165) is 22.3 Å². The smallest absolute Gasteiger partial charge is 0.123 e. The molecule has 0 saturated heterocycles. The van der Waals surface area contributed by atoms with Crippen molar-refractivity contribution in [2.75, 3.05) is 0 Å². The molecule has 158 valence electrons. The molecule has 0 spiro atoms. The fourth-order valence-electron chi connectivity index (χ4n) is 3.45. The van der Waals surface area contributed by atoms with Crippen LogP contribution in [-0.4, -0.2) is 21.6 Å². The Labute approximate surface area is 187 Å².